The normalized spacial score (nSPS) is 11.1. The number of nitrogens with zero attached hydrogens (tertiary/aromatic N) is 3. The standard InChI is InChI=1S/C21H12N4O4S2/c22-11-13(20(26)24-21-23-16(12-31-21)19-6-3-9-30-19)10-14-7-8-18(29-14)15-4-1-2-5-17(15)25(27)28/h1-10,12H,(H,23,24,26)/b13-10-. The molecule has 0 spiro atoms. The van der Waals surface area contributed by atoms with Gasteiger partial charge in [0.05, 0.1) is 21.1 Å². The van der Waals surface area contributed by atoms with E-state index in [4.69, 9.17) is 4.42 Å². The Morgan fingerprint density at radius 3 is 2.77 bits per heavy atom. The monoisotopic (exact) mass is 448 g/mol. The Bertz CT molecular complexity index is 1330. The molecule has 0 saturated carbocycles. The number of thiophene rings is 1. The van der Waals surface area contributed by atoms with Crippen molar-refractivity contribution in [3.8, 4) is 28.0 Å². The number of rotatable bonds is 6. The fourth-order valence-electron chi connectivity index (χ4n) is 2.74. The van der Waals surface area contributed by atoms with Gasteiger partial charge in [-0.2, -0.15) is 5.26 Å². The van der Waals surface area contributed by atoms with Crippen LogP contribution in [-0.4, -0.2) is 15.8 Å². The Morgan fingerprint density at radius 2 is 2.03 bits per heavy atom. The number of thiazole rings is 1. The predicted molar refractivity (Wildman–Crippen MR) is 118 cm³/mol. The number of amides is 1. The Kier molecular flexibility index (Phi) is 5.70. The number of aromatic nitrogens is 1. The number of carbonyl (C=O) groups is 1. The van der Waals surface area contributed by atoms with Gasteiger partial charge in [0.25, 0.3) is 11.6 Å². The van der Waals surface area contributed by atoms with Crippen LogP contribution in [0.5, 0.6) is 0 Å². The highest BCUT2D eigenvalue weighted by atomic mass is 32.1. The van der Waals surface area contributed by atoms with E-state index in [1.807, 2.05) is 29.0 Å². The number of para-hydroxylation sites is 1. The van der Waals surface area contributed by atoms with Crippen molar-refractivity contribution in [2.24, 2.45) is 0 Å². The third kappa shape index (κ3) is 4.42. The summed E-state index contributed by atoms with van der Waals surface area (Å²) in [5.41, 5.74) is 0.768. The second kappa shape index (κ2) is 8.74. The van der Waals surface area contributed by atoms with Gasteiger partial charge in [-0.05, 0) is 29.6 Å². The molecule has 31 heavy (non-hydrogen) atoms. The third-order valence-corrected chi connectivity index (χ3v) is 5.79. The van der Waals surface area contributed by atoms with Gasteiger partial charge in [0.15, 0.2) is 5.13 Å². The van der Waals surface area contributed by atoms with E-state index in [2.05, 4.69) is 10.3 Å². The summed E-state index contributed by atoms with van der Waals surface area (Å²) in [5, 5.41) is 27.4. The van der Waals surface area contributed by atoms with Crippen LogP contribution in [0.15, 0.2) is 69.3 Å². The SMILES string of the molecule is N#C/C(=C/c1ccc(-c2ccccc2[N+](=O)[O-])o1)C(=O)Nc1nc(-c2cccs2)cs1. The molecule has 0 aliphatic heterocycles. The fraction of sp³-hybridized carbons (Fsp3) is 0. The van der Waals surface area contributed by atoms with Crippen molar-refractivity contribution in [1.29, 1.82) is 5.26 Å². The lowest BCUT2D eigenvalue weighted by Gasteiger charge is -2.00. The molecule has 1 N–H and O–H groups in total. The van der Waals surface area contributed by atoms with E-state index in [1.165, 1.54) is 40.9 Å². The van der Waals surface area contributed by atoms with Gasteiger partial charge in [-0.15, -0.1) is 22.7 Å². The van der Waals surface area contributed by atoms with Gasteiger partial charge in [0, 0.05) is 17.5 Å². The molecule has 0 aliphatic rings. The van der Waals surface area contributed by atoms with Crippen molar-refractivity contribution in [1.82, 2.24) is 4.98 Å². The predicted octanol–water partition coefficient (Wildman–Crippen LogP) is 5.59. The number of hydrogen-bond acceptors (Lipinski definition) is 8. The smallest absolute Gasteiger partial charge is 0.280 e. The first kappa shape index (κ1) is 20.2. The van der Waals surface area contributed by atoms with Gasteiger partial charge in [0.1, 0.15) is 23.2 Å². The highest BCUT2D eigenvalue weighted by Crippen LogP contribution is 2.32. The summed E-state index contributed by atoms with van der Waals surface area (Å²) in [6.07, 6.45) is 1.28. The maximum Gasteiger partial charge on any atom is 0.280 e. The molecule has 0 fully saturated rings. The van der Waals surface area contributed by atoms with Gasteiger partial charge in [0.2, 0.25) is 0 Å². The minimum absolute atomic E-state index is 0.101. The summed E-state index contributed by atoms with van der Waals surface area (Å²) in [6.45, 7) is 0. The average Bonchev–Trinajstić information content (AvgIpc) is 3.53. The Hall–Kier alpha value is -4.07. The zero-order valence-corrected chi connectivity index (χ0v) is 17.3. The van der Waals surface area contributed by atoms with Crippen LogP contribution >= 0.6 is 22.7 Å². The first-order valence-corrected chi connectivity index (χ1v) is 10.6. The number of nitrogens with one attached hydrogen (secondary N) is 1. The largest absolute Gasteiger partial charge is 0.456 e. The molecule has 0 atom stereocenters. The van der Waals surface area contributed by atoms with Crippen molar-refractivity contribution in [3.05, 3.63) is 80.7 Å². The number of carbonyl (C=O) groups excluding carboxylic acids is 1. The lowest BCUT2D eigenvalue weighted by atomic mass is 10.1. The fourth-order valence-corrected chi connectivity index (χ4v) is 4.21. The summed E-state index contributed by atoms with van der Waals surface area (Å²) < 4.78 is 5.62. The first-order chi connectivity index (χ1) is 15.0. The van der Waals surface area contributed by atoms with E-state index < -0.39 is 10.8 Å². The van der Waals surface area contributed by atoms with Crippen LogP contribution in [0, 0.1) is 21.4 Å². The zero-order valence-electron chi connectivity index (χ0n) is 15.6. The van der Waals surface area contributed by atoms with Crippen LogP contribution in [0.1, 0.15) is 5.76 Å². The molecular formula is C21H12N4O4S2. The molecule has 8 nitrogen and oxygen atoms in total. The van der Waals surface area contributed by atoms with Crippen molar-refractivity contribution in [3.63, 3.8) is 0 Å². The number of hydrogen-bond donors (Lipinski definition) is 1. The molecular weight excluding hydrogens is 436 g/mol. The summed E-state index contributed by atoms with van der Waals surface area (Å²) in [4.78, 5) is 28.6. The van der Waals surface area contributed by atoms with E-state index in [9.17, 15) is 20.2 Å². The molecule has 0 bridgehead atoms. The van der Waals surface area contributed by atoms with Gasteiger partial charge >= 0.3 is 0 Å². The molecule has 0 saturated heterocycles. The van der Waals surface area contributed by atoms with Crippen LogP contribution < -0.4 is 5.32 Å². The number of furan rings is 1. The number of nitro groups is 1. The molecule has 152 valence electrons. The number of anilines is 1. The Labute approximate surface area is 183 Å². The van der Waals surface area contributed by atoms with Gasteiger partial charge in [-0.3, -0.25) is 20.2 Å². The second-order valence-corrected chi connectivity index (χ2v) is 7.92. The first-order valence-electron chi connectivity index (χ1n) is 8.81. The summed E-state index contributed by atoms with van der Waals surface area (Å²) >= 11 is 2.79. The van der Waals surface area contributed by atoms with Crippen LogP contribution in [0.25, 0.3) is 28.0 Å². The van der Waals surface area contributed by atoms with E-state index in [0.717, 1.165) is 10.6 Å². The molecule has 0 unspecified atom stereocenters. The molecule has 0 radical (unpaired) electrons. The average molecular weight is 448 g/mol. The minimum atomic E-state index is -0.627. The van der Waals surface area contributed by atoms with Crippen molar-refractivity contribution >= 4 is 45.5 Å². The molecule has 3 heterocycles. The molecule has 1 aromatic carbocycles. The highest BCUT2D eigenvalue weighted by molar-refractivity contribution is 7.16. The Morgan fingerprint density at radius 1 is 1.19 bits per heavy atom. The van der Waals surface area contributed by atoms with Crippen molar-refractivity contribution in [2.75, 3.05) is 5.32 Å². The van der Waals surface area contributed by atoms with Crippen LogP contribution in [0.2, 0.25) is 0 Å². The lowest BCUT2D eigenvalue weighted by Crippen LogP contribution is -2.13. The third-order valence-electron chi connectivity index (χ3n) is 4.14. The number of nitriles is 1. The van der Waals surface area contributed by atoms with Crippen molar-refractivity contribution < 1.29 is 14.1 Å². The van der Waals surface area contributed by atoms with Gasteiger partial charge in [-0.1, -0.05) is 18.2 Å². The summed E-state index contributed by atoms with van der Waals surface area (Å²) in [7, 11) is 0. The topological polar surface area (TPSA) is 122 Å². The molecule has 1 amide bonds. The van der Waals surface area contributed by atoms with Crippen LogP contribution in [0.4, 0.5) is 10.8 Å². The van der Waals surface area contributed by atoms with Gasteiger partial charge in [-0.25, -0.2) is 4.98 Å². The van der Waals surface area contributed by atoms with E-state index in [1.54, 1.807) is 24.3 Å². The minimum Gasteiger partial charge on any atom is -0.456 e. The number of benzene rings is 1. The quantitative estimate of drug-likeness (QED) is 0.178. The summed E-state index contributed by atoms with van der Waals surface area (Å²) in [6, 6.07) is 14.9. The molecule has 3 aromatic heterocycles. The Balaban J connectivity index is 1.54. The molecule has 4 aromatic rings. The van der Waals surface area contributed by atoms with Crippen LogP contribution in [-0.2, 0) is 4.79 Å². The van der Waals surface area contributed by atoms with E-state index in [0.29, 0.717) is 10.7 Å². The molecule has 10 heteroatoms. The lowest BCUT2D eigenvalue weighted by molar-refractivity contribution is -0.384. The van der Waals surface area contributed by atoms with E-state index >= 15 is 0 Å². The van der Waals surface area contributed by atoms with E-state index in [-0.39, 0.29) is 22.8 Å². The number of nitro benzene ring substituents is 1. The maximum absolute atomic E-state index is 12.5. The maximum atomic E-state index is 12.5. The second-order valence-electron chi connectivity index (χ2n) is 6.12. The highest BCUT2D eigenvalue weighted by Gasteiger charge is 2.18. The van der Waals surface area contributed by atoms with Crippen LogP contribution in [0.3, 0.4) is 0 Å². The van der Waals surface area contributed by atoms with Crippen molar-refractivity contribution in [2.45, 2.75) is 0 Å². The summed E-state index contributed by atoms with van der Waals surface area (Å²) in [5.74, 6) is -0.145. The zero-order chi connectivity index (χ0) is 21.8. The molecule has 0 aliphatic carbocycles. The molecule has 4 rings (SSSR count). The van der Waals surface area contributed by atoms with Gasteiger partial charge < -0.3 is 4.42 Å².